The molecule has 1 saturated heterocycles. The molecule has 1 aliphatic heterocycles. The smallest absolute Gasteiger partial charge is 0.164 e. The summed E-state index contributed by atoms with van der Waals surface area (Å²) in [5, 5.41) is 4.31. The van der Waals surface area contributed by atoms with Crippen LogP contribution in [0.15, 0.2) is 30.3 Å². The number of rotatable bonds is 3. The number of aromatic nitrogens is 1. The van der Waals surface area contributed by atoms with E-state index in [-0.39, 0.29) is 11.8 Å². The highest BCUT2D eigenvalue weighted by Crippen LogP contribution is 2.16. The van der Waals surface area contributed by atoms with Gasteiger partial charge in [0.2, 0.25) is 0 Å². The average Bonchev–Trinajstić information content (AvgIpc) is 2.47. The molecule has 1 aromatic carbocycles. The molecule has 104 valence electrons. The van der Waals surface area contributed by atoms with Crippen molar-refractivity contribution in [2.24, 2.45) is 0 Å². The van der Waals surface area contributed by atoms with Gasteiger partial charge in [-0.05, 0) is 31.2 Å². The maximum absolute atomic E-state index is 12.3. The number of nitrogens with zero attached hydrogens (tertiary/aromatic N) is 1. The van der Waals surface area contributed by atoms with Crippen molar-refractivity contribution in [3.63, 3.8) is 0 Å². The second-order valence-electron chi connectivity index (χ2n) is 5.21. The standard InChI is InChI=1S/C16H18N2O2/c1-11-2-3-12-8-13(4-5-15(12)18-11)16(19)9-14-10-20-7-6-17-14/h2-5,8,14,17H,6-7,9-10H2,1H3. The third-order valence-corrected chi connectivity index (χ3v) is 3.58. The molecule has 1 unspecified atom stereocenters. The summed E-state index contributed by atoms with van der Waals surface area (Å²) in [6.07, 6.45) is 0.477. The van der Waals surface area contributed by atoms with E-state index < -0.39 is 0 Å². The Morgan fingerprint density at radius 2 is 2.30 bits per heavy atom. The fourth-order valence-electron chi connectivity index (χ4n) is 2.49. The lowest BCUT2D eigenvalue weighted by Crippen LogP contribution is -2.42. The largest absolute Gasteiger partial charge is 0.378 e. The molecule has 0 radical (unpaired) electrons. The fraction of sp³-hybridized carbons (Fsp3) is 0.375. The predicted octanol–water partition coefficient (Wildman–Crippen LogP) is 2.10. The summed E-state index contributed by atoms with van der Waals surface area (Å²) in [5.41, 5.74) is 2.66. The number of Topliss-reactive ketones (excluding diaryl/α,β-unsaturated/α-hetero) is 1. The molecule has 20 heavy (non-hydrogen) atoms. The molecule has 4 nitrogen and oxygen atoms in total. The molecule has 1 fully saturated rings. The summed E-state index contributed by atoms with van der Waals surface area (Å²) in [6.45, 7) is 4.12. The summed E-state index contributed by atoms with van der Waals surface area (Å²) in [4.78, 5) is 16.8. The predicted molar refractivity (Wildman–Crippen MR) is 78.0 cm³/mol. The minimum Gasteiger partial charge on any atom is -0.378 e. The van der Waals surface area contributed by atoms with Gasteiger partial charge in [0.1, 0.15) is 0 Å². The minimum atomic E-state index is 0.128. The van der Waals surface area contributed by atoms with Crippen molar-refractivity contribution >= 4 is 16.7 Å². The molecule has 1 aliphatic rings. The van der Waals surface area contributed by atoms with Gasteiger partial charge in [-0.3, -0.25) is 9.78 Å². The second kappa shape index (κ2) is 5.69. The molecule has 4 heteroatoms. The van der Waals surface area contributed by atoms with Crippen molar-refractivity contribution < 1.29 is 9.53 Å². The number of ketones is 1. The zero-order chi connectivity index (χ0) is 13.9. The van der Waals surface area contributed by atoms with Crippen LogP contribution >= 0.6 is 0 Å². The number of hydrogen-bond acceptors (Lipinski definition) is 4. The number of hydrogen-bond donors (Lipinski definition) is 1. The monoisotopic (exact) mass is 270 g/mol. The van der Waals surface area contributed by atoms with E-state index in [0.717, 1.165) is 35.3 Å². The van der Waals surface area contributed by atoms with Crippen molar-refractivity contribution in [3.8, 4) is 0 Å². The first-order chi connectivity index (χ1) is 9.72. The van der Waals surface area contributed by atoms with Crippen molar-refractivity contribution in [3.05, 3.63) is 41.6 Å². The SMILES string of the molecule is Cc1ccc2cc(C(=O)CC3COCCN3)ccc2n1. The first kappa shape index (κ1) is 13.2. The van der Waals surface area contributed by atoms with E-state index in [1.807, 2.05) is 37.3 Å². The molecular formula is C16H18N2O2. The van der Waals surface area contributed by atoms with Crippen molar-refractivity contribution in [1.29, 1.82) is 0 Å². The zero-order valence-corrected chi connectivity index (χ0v) is 11.6. The van der Waals surface area contributed by atoms with Crippen LogP contribution in [0.25, 0.3) is 10.9 Å². The van der Waals surface area contributed by atoms with Gasteiger partial charge in [0, 0.05) is 35.7 Å². The Morgan fingerprint density at radius 1 is 1.40 bits per heavy atom. The van der Waals surface area contributed by atoms with E-state index in [1.165, 1.54) is 0 Å². The van der Waals surface area contributed by atoms with Crippen LogP contribution in [0, 0.1) is 6.92 Å². The molecule has 0 saturated carbocycles. The van der Waals surface area contributed by atoms with Gasteiger partial charge < -0.3 is 10.1 Å². The normalized spacial score (nSPS) is 19.1. The highest BCUT2D eigenvalue weighted by atomic mass is 16.5. The lowest BCUT2D eigenvalue weighted by Gasteiger charge is -2.23. The third kappa shape index (κ3) is 2.86. The molecule has 0 spiro atoms. The number of aryl methyl sites for hydroxylation is 1. The van der Waals surface area contributed by atoms with Crippen molar-refractivity contribution in [1.82, 2.24) is 10.3 Å². The molecular weight excluding hydrogens is 252 g/mol. The van der Waals surface area contributed by atoms with Gasteiger partial charge in [-0.15, -0.1) is 0 Å². The lowest BCUT2D eigenvalue weighted by atomic mass is 10.0. The first-order valence-electron chi connectivity index (χ1n) is 6.94. The Labute approximate surface area is 118 Å². The van der Waals surface area contributed by atoms with Gasteiger partial charge in [0.05, 0.1) is 18.7 Å². The van der Waals surface area contributed by atoms with E-state index >= 15 is 0 Å². The summed E-state index contributed by atoms with van der Waals surface area (Å²) >= 11 is 0. The van der Waals surface area contributed by atoms with Crippen LogP contribution in [-0.4, -0.2) is 36.6 Å². The van der Waals surface area contributed by atoms with Gasteiger partial charge in [-0.1, -0.05) is 6.07 Å². The number of benzene rings is 1. The number of carbonyl (C=O) groups is 1. The number of ether oxygens (including phenoxy) is 1. The molecule has 2 heterocycles. The number of nitrogens with one attached hydrogen (secondary N) is 1. The molecule has 1 aromatic heterocycles. The summed E-state index contributed by atoms with van der Waals surface area (Å²) in [5.74, 6) is 0.149. The number of carbonyl (C=O) groups excluding carboxylic acids is 1. The molecule has 0 aliphatic carbocycles. The average molecular weight is 270 g/mol. The van der Waals surface area contributed by atoms with Crippen molar-refractivity contribution in [2.45, 2.75) is 19.4 Å². The van der Waals surface area contributed by atoms with E-state index in [4.69, 9.17) is 4.74 Å². The first-order valence-corrected chi connectivity index (χ1v) is 6.94. The Kier molecular flexibility index (Phi) is 3.76. The zero-order valence-electron chi connectivity index (χ0n) is 11.6. The van der Waals surface area contributed by atoms with Crippen LogP contribution in [0.4, 0.5) is 0 Å². The van der Waals surface area contributed by atoms with Crippen molar-refractivity contribution in [2.75, 3.05) is 19.8 Å². The van der Waals surface area contributed by atoms with Gasteiger partial charge in [0.15, 0.2) is 5.78 Å². The maximum atomic E-state index is 12.3. The summed E-state index contributed by atoms with van der Waals surface area (Å²) < 4.78 is 5.38. The topological polar surface area (TPSA) is 51.2 Å². The molecule has 0 bridgehead atoms. The Balaban J connectivity index is 1.78. The van der Waals surface area contributed by atoms with Crippen LogP contribution < -0.4 is 5.32 Å². The Morgan fingerprint density at radius 3 is 3.10 bits per heavy atom. The minimum absolute atomic E-state index is 0.128. The number of fused-ring (bicyclic) bond motifs is 1. The maximum Gasteiger partial charge on any atom is 0.164 e. The van der Waals surface area contributed by atoms with E-state index in [1.54, 1.807) is 0 Å². The van der Waals surface area contributed by atoms with Gasteiger partial charge in [-0.25, -0.2) is 0 Å². The number of pyridine rings is 1. The highest BCUT2D eigenvalue weighted by Gasteiger charge is 2.18. The summed E-state index contributed by atoms with van der Waals surface area (Å²) in [7, 11) is 0. The quantitative estimate of drug-likeness (QED) is 0.868. The van der Waals surface area contributed by atoms with E-state index in [9.17, 15) is 4.79 Å². The van der Waals surface area contributed by atoms with Gasteiger partial charge in [0.25, 0.3) is 0 Å². The van der Waals surface area contributed by atoms with Crippen LogP contribution in [-0.2, 0) is 4.74 Å². The highest BCUT2D eigenvalue weighted by molar-refractivity contribution is 5.99. The van der Waals surface area contributed by atoms with E-state index in [2.05, 4.69) is 10.3 Å². The van der Waals surface area contributed by atoms with Gasteiger partial charge in [-0.2, -0.15) is 0 Å². The van der Waals surface area contributed by atoms with Crippen LogP contribution in [0.3, 0.4) is 0 Å². The van der Waals surface area contributed by atoms with Crippen LogP contribution in [0.2, 0.25) is 0 Å². The molecule has 3 rings (SSSR count). The molecule has 1 atom stereocenters. The fourth-order valence-corrected chi connectivity index (χ4v) is 2.49. The Bertz CT molecular complexity index is 633. The Hall–Kier alpha value is -1.78. The molecule has 2 aromatic rings. The second-order valence-corrected chi connectivity index (χ2v) is 5.21. The summed E-state index contributed by atoms with van der Waals surface area (Å²) in [6, 6.07) is 9.81. The lowest BCUT2D eigenvalue weighted by molar-refractivity contribution is 0.0676. The third-order valence-electron chi connectivity index (χ3n) is 3.58. The van der Waals surface area contributed by atoms with Crippen LogP contribution in [0.5, 0.6) is 0 Å². The van der Waals surface area contributed by atoms with Crippen LogP contribution in [0.1, 0.15) is 22.5 Å². The van der Waals surface area contributed by atoms with Gasteiger partial charge >= 0.3 is 0 Å². The molecule has 1 N–H and O–H groups in total. The number of morpholine rings is 1. The van der Waals surface area contributed by atoms with E-state index in [0.29, 0.717) is 13.0 Å². The molecule has 0 amide bonds.